The summed E-state index contributed by atoms with van der Waals surface area (Å²) < 4.78 is 11.7. The Labute approximate surface area is 201 Å². The molecule has 3 aromatic rings. The number of aliphatic hydroxyl groups is 1. The zero-order valence-corrected chi connectivity index (χ0v) is 19.8. The van der Waals surface area contributed by atoms with Crippen molar-refractivity contribution in [1.29, 1.82) is 0 Å². The van der Waals surface area contributed by atoms with Crippen LogP contribution in [0.3, 0.4) is 0 Å². The molecule has 1 heterocycles. The zero-order valence-electron chi connectivity index (χ0n) is 19.8. The van der Waals surface area contributed by atoms with Gasteiger partial charge in [-0.2, -0.15) is 0 Å². The molecule has 0 bridgehead atoms. The number of hydrogen-bond acceptors (Lipinski definition) is 6. The molecule has 6 heteroatoms. The molecule has 1 unspecified atom stereocenters. The van der Waals surface area contributed by atoms with Crippen LogP contribution >= 0.6 is 0 Å². The van der Waals surface area contributed by atoms with Gasteiger partial charge in [0.1, 0.15) is 5.76 Å². The lowest BCUT2D eigenvalue weighted by atomic mass is 9.98. The normalized spacial score (nSPS) is 17.8. The molecule has 2 aromatic carbocycles. The van der Waals surface area contributed by atoms with E-state index >= 15 is 0 Å². The Morgan fingerprint density at radius 3 is 1.94 bits per heavy atom. The minimum absolute atomic E-state index is 0.127. The predicted octanol–water partition coefficient (Wildman–Crippen LogP) is 6.37. The molecule has 1 atom stereocenters. The van der Waals surface area contributed by atoms with E-state index < -0.39 is 5.79 Å². The predicted molar refractivity (Wildman–Crippen MR) is 134 cm³/mol. The molecule has 6 nitrogen and oxygen atoms in total. The Balaban J connectivity index is 1.65. The van der Waals surface area contributed by atoms with E-state index in [-0.39, 0.29) is 12.2 Å². The lowest BCUT2D eigenvalue weighted by molar-refractivity contribution is -0.191. The Bertz CT molecular complexity index is 1090. The van der Waals surface area contributed by atoms with Crippen LogP contribution in [0.4, 0.5) is 0 Å². The highest BCUT2D eigenvalue weighted by Gasteiger charge is 2.34. The monoisotopic (exact) mass is 457 g/mol. The molecule has 0 saturated heterocycles. The third-order valence-corrected chi connectivity index (χ3v) is 5.86. The van der Waals surface area contributed by atoms with Crippen molar-refractivity contribution >= 4 is 5.57 Å². The zero-order chi connectivity index (χ0) is 23.8. The van der Waals surface area contributed by atoms with E-state index in [0.717, 1.165) is 24.0 Å². The molecule has 0 amide bonds. The summed E-state index contributed by atoms with van der Waals surface area (Å²) in [5.41, 5.74) is 2.30. The van der Waals surface area contributed by atoms with Gasteiger partial charge in [0.2, 0.25) is 0 Å². The second-order valence-electron chi connectivity index (χ2n) is 8.33. The molecule has 0 spiro atoms. The van der Waals surface area contributed by atoms with Gasteiger partial charge in [0, 0.05) is 18.2 Å². The van der Waals surface area contributed by atoms with Crippen molar-refractivity contribution in [3.05, 3.63) is 84.4 Å². The lowest BCUT2D eigenvalue weighted by Crippen LogP contribution is -2.35. The molecule has 1 N–H and O–H groups in total. The number of ether oxygens (including phenoxy) is 2. The van der Waals surface area contributed by atoms with Crippen LogP contribution in [0.1, 0.15) is 44.9 Å². The molecule has 0 radical (unpaired) electrons. The number of nitrogens with zero attached hydrogens (tertiary/aromatic N) is 3. The Hall–Kier alpha value is -3.35. The molecule has 34 heavy (non-hydrogen) atoms. The first-order chi connectivity index (χ1) is 16.6. The number of aromatic nitrogens is 3. The lowest BCUT2D eigenvalue weighted by Gasteiger charge is -2.32. The van der Waals surface area contributed by atoms with Gasteiger partial charge in [-0.25, -0.2) is 15.0 Å². The first-order valence-corrected chi connectivity index (χ1v) is 11.8. The summed E-state index contributed by atoms with van der Waals surface area (Å²) in [6.07, 6.45) is 8.24. The molecule has 0 fully saturated rings. The number of benzene rings is 2. The van der Waals surface area contributed by atoms with Crippen molar-refractivity contribution in [3.8, 4) is 22.8 Å². The maximum Gasteiger partial charge on any atom is 0.194 e. The van der Waals surface area contributed by atoms with Crippen molar-refractivity contribution in [1.82, 2.24) is 15.0 Å². The number of unbranched alkanes of at least 4 members (excludes halogenated alkanes) is 3. The summed E-state index contributed by atoms with van der Waals surface area (Å²) in [5, 5.41) is 11.0. The molecule has 4 rings (SSSR count). The molecule has 1 aliphatic carbocycles. The van der Waals surface area contributed by atoms with Gasteiger partial charge >= 0.3 is 0 Å². The average molecular weight is 458 g/mol. The molecule has 0 aliphatic heterocycles. The largest absolute Gasteiger partial charge is 0.511 e. The van der Waals surface area contributed by atoms with E-state index in [1.165, 1.54) is 12.8 Å². The van der Waals surface area contributed by atoms with Gasteiger partial charge in [0.15, 0.2) is 23.3 Å². The quantitative estimate of drug-likeness (QED) is 0.281. The average Bonchev–Trinajstić information content (AvgIpc) is 2.89. The Morgan fingerprint density at radius 2 is 1.41 bits per heavy atom. The number of rotatable bonds is 10. The van der Waals surface area contributed by atoms with Crippen LogP contribution in [0.25, 0.3) is 28.3 Å². The summed E-state index contributed by atoms with van der Waals surface area (Å²) >= 11 is 0. The smallest absolute Gasteiger partial charge is 0.194 e. The molecular formula is C28H31N3O3. The Morgan fingerprint density at radius 1 is 0.824 bits per heavy atom. The van der Waals surface area contributed by atoms with E-state index in [1.807, 2.05) is 66.7 Å². The van der Waals surface area contributed by atoms with Gasteiger partial charge in [-0.1, -0.05) is 86.8 Å². The van der Waals surface area contributed by atoms with Crippen molar-refractivity contribution < 1.29 is 14.6 Å². The highest BCUT2D eigenvalue weighted by Crippen LogP contribution is 2.34. The maximum atomic E-state index is 11.0. The van der Waals surface area contributed by atoms with Gasteiger partial charge in [0.05, 0.1) is 18.6 Å². The highest BCUT2D eigenvalue weighted by atomic mass is 16.7. The van der Waals surface area contributed by atoms with Gasteiger partial charge in [0.25, 0.3) is 0 Å². The fourth-order valence-corrected chi connectivity index (χ4v) is 3.90. The third kappa shape index (κ3) is 5.58. The van der Waals surface area contributed by atoms with Gasteiger partial charge in [-0.15, -0.1) is 0 Å². The van der Waals surface area contributed by atoms with Crippen LogP contribution in [-0.4, -0.2) is 39.6 Å². The molecule has 0 saturated carbocycles. The third-order valence-electron chi connectivity index (χ3n) is 5.86. The summed E-state index contributed by atoms with van der Waals surface area (Å²) in [6, 6.07) is 19.5. The number of allylic oxidation sites excluding steroid dienone is 2. The van der Waals surface area contributed by atoms with Gasteiger partial charge in [-0.05, 0) is 18.6 Å². The standard InChI is InChI=1S/C28H31N3O3/c1-3-4-5-12-19-34-28(33-2)18-17-23(24(32)20-28)27-30-25(21-13-8-6-9-14-21)29-26(31-27)22-15-10-7-11-16-22/h6-11,13-18,32H,3-5,12,19-20H2,1-2H3. The first-order valence-electron chi connectivity index (χ1n) is 11.8. The van der Waals surface area contributed by atoms with Crippen LogP contribution in [-0.2, 0) is 9.47 Å². The van der Waals surface area contributed by atoms with Crippen molar-refractivity contribution in [2.24, 2.45) is 0 Å². The van der Waals surface area contributed by atoms with E-state index in [0.29, 0.717) is 29.7 Å². The minimum Gasteiger partial charge on any atom is -0.511 e. The van der Waals surface area contributed by atoms with Crippen LogP contribution in [0.2, 0.25) is 0 Å². The summed E-state index contributed by atoms with van der Waals surface area (Å²) in [7, 11) is 1.60. The van der Waals surface area contributed by atoms with Crippen molar-refractivity contribution in [2.45, 2.75) is 44.8 Å². The number of aliphatic hydroxyl groups excluding tert-OH is 1. The van der Waals surface area contributed by atoms with Crippen LogP contribution in [0.5, 0.6) is 0 Å². The van der Waals surface area contributed by atoms with Crippen molar-refractivity contribution in [3.63, 3.8) is 0 Å². The minimum atomic E-state index is -0.989. The first kappa shape index (κ1) is 23.8. The van der Waals surface area contributed by atoms with Gasteiger partial charge in [-0.3, -0.25) is 0 Å². The molecule has 176 valence electrons. The van der Waals surface area contributed by atoms with Crippen LogP contribution in [0.15, 0.2) is 78.6 Å². The molecule has 1 aromatic heterocycles. The fraction of sp³-hybridized carbons (Fsp3) is 0.321. The fourth-order valence-electron chi connectivity index (χ4n) is 3.90. The van der Waals surface area contributed by atoms with Crippen LogP contribution < -0.4 is 0 Å². The molecule has 1 aliphatic rings. The Kier molecular flexibility index (Phi) is 7.83. The number of methoxy groups -OCH3 is 1. The van der Waals surface area contributed by atoms with E-state index in [1.54, 1.807) is 13.2 Å². The summed E-state index contributed by atoms with van der Waals surface area (Å²) in [4.78, 5) is 14.1. The highest BCUT2D eigenvalue weighted by molar-refractivity contribution is 5.75. The SMILES string of the molecule is CCCCCCOC1(OC)C=CC(c2nc(-c3ccccc3)nc(-c3ccccc3)n2)=C(O)C1. The van der Waals surface area contributed by atoms with E-state index in [2.05, 4.69) is 6.92 Å². The van der Waals surface area contributed by atoms with E-state index in [4.69, 9.17) is 24.4 Å². The van der Waals surface area contributed by atoms with Gasteiger partial charge < -0.3 is 14.6 Å². The maximum absolute atomic E-state index is 11.0. The summed E-state index contributed by atoms with van der Waals surface area (Å²) in [5.74, 6) is 0.649. The van der Waals surface area contributed by atoms with Crippen molar-refractivity contribution in [2.75, 3.05) is 13.7 Å². The van der Waals surface area contributed by atoms with E-state index in [9.17, 15) is 5.11 Å². The molecular weight excluding hydrogens is 426 g/mol. The second-order valence-corrected chi connectivity index (χ2v) is 8.33. The second kappa shape index (κ2) is 11.2. The topological polar surface area (TPSA) is 77.4 Å². The number of hydrogen-bond donors (Lipinski definition) is 1. The summed E-state index contributed by atoms with van der Waals surface area (Å²) in [6.45, 7) is 2.75. The van der Waals surface area contributed by atoms with Crippen LogP contribution in [0, 0.1) is 0 Å².